The third-order valence-corrected chi connectivity index (χ3v) is 5.13. The molecule has 0 bridgehead atoms. The van der Waals surface area contributed by atoms with Gasteiger partial charge in [-0.2, -0.15) is 0 Å². The molecule has 3 rings (SSSR count). The predicted molar refractivity (Wildman–Crippen MR) is 94.7 cm³/mol. The van der Waals surface area contributed by atoms with Crippen LogP contribution in [0.2, 0.25) is 1.41 Å². The Hall–Kier alpha value is -1.44. The zero-order valence-electron chi connectivity index (χ0n) is 15.7. The Morgan fingerprint density at radius 2 is 1.77 bits per heavy atom. The SMILES string of the molecule is [2H]N1C(C2CCCC2)=C(C)N(c2ccccc2C)C1C(C)(C)C. The van der Waals surface area contributed by atoms with Crippen LogP contribution in [0.4, 0.5) is 5.69 Å². The van der Waals surface area contributed by atoms with Crippen molar-refractivity contribution < 1.29 is 1.41 Å². The van der Waals surface area contributed by atoms with Crippen molar-refractivity contribution in [3.05, 3.63) is 41.2 Å². The molecule has 1 unspecified atom stereocenters. The van der Waals surface area contributed by atoms with Crippen molar-refractivity contribution in [2.45, 2.75) is 66.5 Å². The van der Waals surface area contributed by atoms with E-state index in [1.165, 1.54) is 48.3 Å². The Morgan fingerprint density at radius 1 is 1.14 bits per heavy atom. The average molecular weight is 299 g/mol. The van der Waals surface area contributed by atoms with E-state index >= 15 is 0 Å². The zero-order chi connectivity index (χ0) is 16.8. The van der Waals surface area contributed by atoms with Crippen molar-refractivity contribution in [1.29, 1.82) is 0 Å². The van der Waals surface area contributed by atoms with Gasteiger partial charge in [0.25, 0.3) is 0 Å². The summed E-state index contributed by atoms with van der Waals surface area (Å²) in [6.45, 7) is 11.1. The van der Waals surface area contributed by atoms with Crippen molar-refractivity contribution in [2.24, 2.45) is 11.3 Å². The summed E-state index contributed by atoms with van der Waals surface area (Å²) in [5, 5.41) is 1.83. The van der Waals surface area contributed by atoms with Gasteiger partial charge < -0.3 is 10.2 Å². The molecule has 1 aliphatic carbocycles. The molecule has 1 N–H and O–H groups in total. The van der Waals surface area contributed by atoms with Crippen LogP contribution in [-0.2, 0) is 0 Å². The second-order valence-electron chi connectivity index (χ2n) is 7.98. The third-order valence-electron chi connectivity index (χ3n) is 5.13. The highest BCUT2D eigenvalue weighted by Gasteiger charge is 2.40. The maximum Gasteiger partial charge on any atom is 0.162 e. The van der Waals surface area contributed by atoms with Crippen LogP contribution in [0.3, 0.4) is 0 Å². The Labute approximate surface area is 137 Å². The summed E-state index contributed by atoms with van der Waals surface area (Å²) >= 11 is 0. The highest BCUT2D eigenvalue weighted by molar-refractivity contribution is 5.61. The highest BCUT2D eigenvalue weighted by Crippen LogP contribution is 2.42. The molecule has 1 heterocycles. The molecular formula is C20H30N2. The summed E-state index contributed by atoms with van der Waals surface area (Å²) < 4.78 is 8.88. The van der Waals surface area contributed by atoms with Gasteiger partial charge in [0.15, 0.2) is 1.41 Å². The number of benzene rings is 1. The van der Waals surface area contributed by atoms with Gasteiger partial charge in [-0.15, -0.1) is 0 Å². The number of nitrogens with one attached hydrogen (secondary N) is 1. The van der Waals surface area contributed by atoms with Crippen LogP contribution in [0, 0.1) is 18.3 Å². The van der Waals surface area contributed by atoms with E-state index in [0.29, 0.717) is 5.92 Å². The Morgan fingerprint density at radius 3 is 2.36 bits per heavy atom. The van der Waals surface area contributed by atoms with Crippen molar-refractivity contribution in [2.75, 3.05) is 4.90 Å². The molecule has 0 spiro atoms. The first-order valence-corrected chi connectivity index (χ1v) is 8.66. The summed E-state index contributed by atoms with van der Waals surface area (Å²) in [6.07, 6.45) is 5.14. The normalized spacial score (nSPS) is 24.4. The van der Waals surface area contributed by atoms with E-state index < -0.39 is 0 Å². The summed E-state index contributed by atoms with van der Waals surface area (Å²) in [7, 11) is 0. The Bertz CT molecular complexity index is 608. The molecule has 1 saturated carbocycles. The van der Waals surface area contributed by atoms with Gasteiger partial charge in [-0.05, 0) is 38.3 Å². The van der Waals surface area contributed by atoms with Gasteiger partial charge in [-0.3, -0.25) is 0 Å². The second kappa shape index (κ2) is 5.64. The van der Waals surface area contributed by atoms with Crippen LogP contribution in [0.15, 0.2) is 35.7 Å². The Kier molecular flexibility index (Phi) is 3.63. The molecule has 1 aliphatic heterocycles. The minimum Gasteiger partial charge on any atom is -0.366 e. The lowest BCUT2D eigenvalue weighted by atomic mass is 9.91. The van der Waals surface area contributed by atoms with Crippen molar-refractivity contribution >= 4 is 5.69 Å². The van der Waals surface area contributed by atoms with Crippen LogP contribution in [-0.4, -0.2) is 6.17 Å². The van der Waals surface area contributed by atoms with Gasteiger partial charge in [0, 0.05) is 28.4 Å². The number of hydrogen-bond acceptors (Lipinski definition) is 2. The van der Waals surface area contributed by atoms with Crippen LogP contribution >= 0.6 is 0 Å². The molecule has 1 atom stereocenters. The number of rotatable bonds is 2. The van der Waals surface area contributed by atoms with Gasteiger partial charge in [-0.25, -0.2) is 0 Å². The lowest BCUT2D eigenvalue weighted by Gasteiger charge is -2.38. The molecule has 1 fully saturated rings. The molecule has 1 aromatic carbocycles. The number of allylic oxidation sites excluding steroid dienone is 2. The largest absolute Gasteiger partial charge is 0.366 e. The van der Waals surface area contributed by atoms with Crippen LogP contribution in [0.1, 0.15) is 58.9 Å². The first-order chi connectivity index (χ1) is 10.8. The minimum atomic E-state index is 0.00560. The topological polar surface area (TPSA) is 15.3 Å². The van der Waals surface area contributed by atoms with Crippen molar-refractivity contribution in [3.63, 3.8) is 0 Å². The quantitative estimate of drug-likeness (QED) is 0.807. The summed E-state index contributed by atoms with van der Waals surface area (Å²) in [4.78, 5) is 2.41. The van der Waals surface area contributed by atoms with Gasteiger partial charge in [-0.1, -0.05) is 51.8 Å². The first kappa shape index (κ1) is 14.2. The van der Waals surface area contributed by atoms with E-state index in [1.54, 1.807) is 0 Å². The van der Waals surface area contributed by atoms with Crippen LogP contribution in [0.5, 0.6) is 0 Å². The molecule has 2 aliphatic rings. The number of para-hydroxylation sites is 1. The standard InChI is InChI=1S/C20H30N2/c1-14-10-6-9-13-17(14)22-15(2)18(16-11-7-8-12-16)21-19(22)20(3,4)5/h6,9-10,13,16,19,21H,7-8,11-12H2,1-5H3/i/hD. The molecule has 120 valence electrons. The molecule has 0 aromatic heterocycles. The molecule has 0 radical (unpaired) electrons. The lowest BCUT2D eigenvalue weighted by molar-refractivity contribution is 0.292. The van der Waals surface area contributed by atoms with E-state index in [1.807, 2.05) is 5.31 Å². The van der Waals surface area contributed by atoms with E-state index in [2.05, 4.69) is 63.8 Å². The Balaban J connectivity index is 2.10. The maximum atomic E-state index is 8.88. The number of aryl methyl sites for hydroxylation is 1. The molecule has 0 amide bonds. The molecule has 2 heteroatoms. The second-order valence-corrected chi connectivity index (χ2v) is 7.98. The third kappa shape index (κ3) is 2.64. The van der Waals surface area contributed by atoms with E-state index in [4.69, 9.17) is 1.41 Å². The number of hydrogen-bond donors (Lipinski definition) is 1. The smallest absolute Gasteiger partial charge is 0.162 e. The van der Waals surface area contributed by atoms with E-state index in [0.717, 1.165) is 0 Å². The van der Waals surface area contributed by atoms with Crippen LogP contribution < -0.4 is 10.2 Å². The lowest BCUT2D eigenvalue weighted by Crippen LogP contribution is -2.47. The number of anilines is 1. The van der Waals surface area contributed by atoms with E-state index in [-0.39, 0.29) is 11.6 Å². The minimum absolute atomic E-state index is 0.00560. The maximum absolute atomic E-state index is 8.88. The number of nitrogens with zero attached hydrogens (tertiary/aromatic N) is 1. The van der Waals surface area contributed by atoms with Gasteiger partial charge in [0.2, 0.25) is 0 Å². The molecule has 2 nitrogen and oxygen atoms in total. The monoisotopic (exact) mass is 299 g/mol. The predicted octanol–water partition coefficient (Wildman–Crippen LogP) is 5.20. The fourth-order valence-corrected chi connectivity index (χ4v) is 3.92. The summed E-state index contributed by atoms with van der Waals surface area (Å²) in [5.74, 6) is 0.561. The molecule has 22 heavy (non-hydrogen) atoms. The molecule has 1 aromatic rings. The highest BCUT2D eigenvalue weighted by atomic mass is 15.3. The van der Waals surface area contributed by atoms with Gasteiger partial charge in [0.1, 0.15) is 6.17 Å². The van der Waals surface area contributed by atoms with Gasteiger partial charge >= 0.3 is 0 Å². The van der Waals surface area contributed by atoms with Gasteiger partial charge in [0.05, 0.1) is 0 Å². The van der Waals surface area contributed by atoms with E-state index in [9.17, 15) is 0 Å². The summed E-state index contributed by atoms with van der Waals surface area (Å²) in [5.41, 5.74) is 5.06. The molecule has 0 saturated heterocycles. The fourth-order valence-electron chi connectivity index (χ4n) is 3.92. The van der Waals surface area contributed by atoms with Crippen molar-refractivity contribution in [3.8, 4) is 0 Å². The average Bonchev–Trinajstić information content (AvgIpc) is 3.05. The fraction of sp³-hybridized carbons (Fsp3) is 0.600. The first-order valence-electron chi connectivity index (χ1n) is 9.11. The molecular weight excluding hydrogens is 268 g/mol. The zero-order valence-corrected chi connectivity index (χ0v) is 14.7. The van der Waals surface area contributed by atoms with Crippen molar-refractivity contribution in [1.82, 2.24) is 5.31 Å². The van der Waals surface area contributed by atoms with Crippen LogP contribution in [0.25, 0.3) is 0 Å². The summed E-state index contributed by atoms with van der Waals surface area (Å²) in [6, 6.07) is 8.57.